The molecule has 2 N–H and O–H groups in total. The summed E-state index contributed by atoms with van der Waals surface area (Å²) in [6.45, 7) is 5.55. The lowest BCUT2D eigenvalue weighted by molar-refractivity contribution is -0.126. The second kappa shape index (κ2) is 9.37. The van der Waals surface area contributed by atoms with Crippen molar-refractivity contribution in [2.45, 2.75) is 26.7 Å². The normalized spacial score (nSPS) is 16.2. The highest BCUT2D eigenvalue weighted by Gasteiger charge is 2.28. The molecule has 1 aliphatic heterocycles. The molecule has 3 amide bonds. The number of carbonyl (C=O) groups excluding carboxylic acids is 3. The fraction of sp³-hybridized carbons (Fsp3) is 0.348. The number of carbonyl (C=O) groups is 3. The number of likely N-dealkylation sites (tertiary alicyclic amines) is 1. The third-order valence-electron chi connectivity index (χ3n) is 5.13. The van der Waals surface area contributed by atoms with Crippen molar-refractivity contribution in [1.29, 1.82) is 0 Å². The van der Waals surface area contributed by atoms with Crippen LogP contribution in [0.2, 0.25) is 0 Å². The molecule has 0 bridgehead atoms. The van der Waals surface area contributed by atoms with Crippen LogP contribution in [0.25, 0.3) is 0 Å². The van der Waals surface area contributed by atoms with E-state index in [0.717, 1.165) is 18.4 Å². The number of piperidine rings is 1. The maximum atomic E-state index is 12.8. The Labute approximate surface area is 171 Å². The van der Waals surface area contributed by atoms with E-state index in [2.05, 4.69) is 10.6 Å². The molecule has 1 saturated heterocycles. The Morgan fingerprint density at radius 3 is 2.31 bits per heavy atom. The highest BCUT2D eigenvalue weighted by Crippen LogP contribution is 2.20. The Hall–Kier alpha value is -3.15. The molecule has 29 heavy (non-hydrogen) atoms. The summed E-state index contributed by atoms with van der Waals surface area (Å²) in [6, 6.07) is 14.2. The molecule has 0 radical (unpaired) electrons. The van der Waals surface area contributed by atoms with Crippen LogP contribution < -0.4 is 10.6 Å². The zero-order valence-corrected chi connectivity index (χ0v) is 16.9. The third kappa shape index (κ3) is 5.22. The van der Waals surface area contributed by atoms with Gasteiger partial charge >= 0.3 is 0 Å². The van der Waals surface area contributed by atoms with Gasteiger partial charge in [0.1, 0.15) is 0 Å². The maximum Gasteiger partial charge on any atom is 0.255 e. The molecule has 1 aliphatic rings. The Morgan fingerprint density at radius 2 is 1.66 bits per heavy atom. The maximum absolute atomic E-state index is 12.8. The number of anilines is 1. The number of benzene rings is 2. The second-order valence-electron chi connectivity index (χ2n) is 7.38. The van der Waals surface area contributed by atoms with Crippen LogP contribution >= 0.6 is 0 Å². The Morgan fingerprint density at radius 1 is 1.00 bits per heavy atom. The molecule has 152 valence electrons. The van der Waals surface area contributed by atoms with Crippen molar-refractivity contribution in [3.05, 3.63) is 65.2 Å². The van der Waals surface area contributed by atoms with Crippen LogP contribution in [-0.4, -0.2) is 42.3 Å². The summed E-state index contributed by atoms with van der Waals surface area (Å²) in [7, 11) is 0. The monoisotopic (exact) mass is 393 g/mol. The lowest BCUT2D eigenvalue weighted by Crippen LogP contribution is -2.45. The minimum atomic E-state index is -0.190. The molecule has 1 fully saturated rings. The fourth-order valence-corrected chi connectivity index (χ4v) is 3.48. The van der Waals surface area contributed by atoms with Gasteiger partial charge in [0.15, 0.2) is 0 Å². The van der Waals surface area contributed by atoms with Crippen molar-refractivity contribution in [2.75, 3.05) is 25.0 Å². The summed E-state index contributed by atoms with van der Waals surface area (Å²) in [6.07, 6.45) is 1.62. The average Bonchev–Trinajstić information content (AvgIpc) is 2.74. The standard InChI is InChI=1S/C23H27N3O3/c1-3-24-21(27)19-5-4-14-26(15-19)23(29)18-10-12-20(13-11-18)25-22(28)17-8-6-16(2)7-9-17/h6-13,19H,3-5,14-15H2,1-2H3,(H,24,27)(H,25,28)/t19-/m0/s1. The molecular weight excluding hydrogens is 366 g/mol. The highest BCUT2D eigenvalue weighted by atomic mass is 16.2. The number of aryl methyl sites for hydroxylation is 1. The molecule has 0 saturated carbocycles. The van der Waals surface area contributed by atoms with Crippen molar-refractivity contribution in [3.63, 3.8) is 0 Å². The zero-order valence-electron chi connectivity index (χ0n) is 16.9. The van der Waals surface area contributed by atoms with Gasteiger partial charge in [0.25, 0.3) is 11.8 Å². The van der Waals surface area contributed by atoms with Crippen LogP contribution in [0, 0.1) is 12.8 Å². The summed E-state index contributed by atoms with van der Waals surface area (Å²) in [4.78, 5) is 39.0. The summed E-state index contributed by atoms with van der Waals surface area (Å²) < 4.78 is 0. The van der Waals surface area contributed by atoms with Crippen LogP contribution in [-0.2, 0) is 4.79 Å². The van der Waals surface area contributed by atoms with Crippen LogP contribution in [0.1, 0.15) is 46.0 Å². The van der Waals surface area contributed by atoms with Crippen molar-refractivity contribution in [1.82, 2.24) is 10.2 Å². The lowest BCUT2D eigenvalue weighted by Gasteiger charge is -2.32. The Bertz CT molecular complexity index is 875. The SMILES string of the molecule is CCNC(=O)[C@H]1CCCN(C(=O)c2ccc(NC(=O)c3ccc(C)cc3)cc2)C1. The van der Waals surface area contributed by atoms with Crippen molar-refractivity contribution in [2.24, 2.45) is 5.92 Å². The Kier molecular flexibility index (Phi) is 6.65. The van der Waals surface area contributed by atoms with Gasteiger partial charge in [-0.2, -0.15) is 0 Å². The van der Waals surface area contributed by atoms with Gasteiger partial charge in [0, 0.05) is 36.4 Å². The molecule has 2 aromatic rings. The first-order valence-corrected chi connectivity index (χ1v) is 10.0. The van der Waals surface area contributed by atoms with E-state index in [0.29, 0.717) is 36.4 Å². The molecule has 1 atom stereocenters. The molecule has 0 spiro atoms. The number of amides is 3. The topological polar surface area (TPSA) is 78.5 Å². The predicted molar refractivity (Wildman–Crippen MR) is 113 cm³/mol. The largest absolute Gasteiger partial charge is 0.356 e. The summed E-state index contributed by atoms with van der Waals surface area (Å²) >= 11 is 0. The first-order chi connectivity index (χ1) is 14.0. The van der Waals surface area contributed by atoms with Gasteiger partial charge < -0.3 is 15.5 Å². The van der Waals surface area contributed by atoms with E-state index >= 15 is 0 Å². The van der Waals surface area contributed by atoms with Gasteiger partial charge in [-0.3, -0.25) is 14.4 Å². The third-order valence-corrected chi connectivity index (χ3v) is 5.13. The Balaban J connectivity index is 1.61. The van der Waals surface area contributed by atoms with Crippen molar-refractivity contribution < 1.29 is 14.4 Å². The molecule has 3 rings (SSSR count). The van der Waals surface area contributed by atoms with Crippen LogP contribution in [0.5, 0.6) is 0 Å². The smallest absolute Gasteiger partial charge is 0.255 e. The van der Waals surface area contributed by atoms with E-state index in [1.165, 1.54) is 0 Å². The quantitative estimate of drug-likeness (QED) is 0.819. The molecule has 0 aliphatic carbocycles. The minimum Gasteiger partial charge on any atom is -0.356 e. The fourth-order valence-electron chi connectivity index (χ4n) is 3.48. The van der Waals surface area contributed by atoms with Crippen LogP contribution in [0.15, 0.2) is 48.5 Å². The van der Waals surface area contributed by atoms with Gasteiger partial charge in [0.05, 0.1) is 5.92 Å². The average molecular weight is 393 g/mol. The van der Waals surface area contributed by atoms with Crippen molar-refractivity contribution in [3.8, 4) is 0 Å². The van der Waals surface area contributed by atoms with E-state index in [4.69, 9.17) is 0 Å². The first-order valence-electron chi connectivity index (χ1n) is 10.0. The van der Waals surface area contributed by atoms with Crippen molar-refractivity contribution >= 4 is 23.4 Å². The van der Waals surface area contributed by atoms with E-state index in [1.807, 2.05) is 26.0 Å². The van der Waals surface area contributed by atoms with Gasteiger partial charge in [0.2, 0.25) is 5.91 Å². The van der Waals surface area contributed by atoms with Crippen LogP contribution in [0.4, 0.5) is 5.69 Å². The molecule has 6 heteroatoms. The molecule has 0 unspecified atom stereocenters. The minimum absolute atomic E-state index is 0.0131. The molecule has 2 aromatic carbocycles. The van der Waals surface area contributed by atoms with Gasteiger partial charge in [-0.05, 0) is 63.1 Å². The molecule has 0 aromatic heterocycles. The number of nitrogens with zero attached hydrogens (tertiary/aromatic N) is 1. The van der Waals surface area contributed by atoms with E-state index < -0.39 is 0 Å². The summed E-state index contributed by atoms with van der Waals surface area (Å²) in [5, 5.41) is 5.68. The van der Waals surface area contributed by atoms with Gasteiger partial charge in [-0.1, -0.05) is 17.7 Å². The van der Waals surface area contributed by atoms with E-state index in [-0.39, 0.29) is 23.6 Å². The van der Waals surface area contributed by atoms with Crippen LogP contribution in [0.3, 0.4) is 0 Å². The second-order valence-corrected chi connectivity index (χ2v) is 7.38. The summed E-state index contributed by atoms with van der Waals surface area (Å²) in [5.41, 5.74) is 2.86. The van der Waals surface area contributed by atoms with E-state index in [9.17, 15) is 14.4 Å². The molecule has 1 heterocycles. The first kappa shape index (κ1) is 20.6. The number of nitrogens with one attached hydrogen (secondary N) is 2. The summed E-state index contributed by atoms with van der Waals surface area (Å²) in [5.74, 6) is -0.416. The number of hydrogen-bond acceptors (Lipinski definition) is 3. The van der Waals surface area contributed by atoms with Gasteiger partial charge in [-0.25, -0.2) is 0 Å². The number of hydrogen-bond donors (Lipinski definition) is 2. The molecule has 6 nitrogen and oxygen atoms in total. The molecular formula is C23H27N3O3. The van der Waals surface area contributed by atoms with E-state index in [1.54, 1.807) is 41.3 Å². The zero-order chi connectivity index (χ0) is 20.8. The number of rotatable bonds is 5. The predicted octanol–water partition coefficient (Wildman–Crippen LogP) is 3.24. The van der Waals surface area contributed by atoms with Gasteiger partial charge in [-0.15, -0.1) is 0 Å². The lowest BCUT2D eigenvalue weighted by atomic mass is 9.96. The highest BCUT2D eigenvalue weighted by molar-refractivity contribution is 6.04.